The number of para-hydroxylation sites is 1. The topological polar surface area (TPSA) is 58.4 Å². The monoisotopic (exact) mass is 331 g/mol. The van der Waals surface area contributed by atoms with Crippen LogP contribution in [0.1, 0.15) is 19.3 Å². The number of benzene rings is 1. The molecule has 1 atom stereocenters. The fourth-order valence-electron chi connectivity index (χ4n) is 2.58. The van der Waals surface area contributed by atoms with E-state index < -0.39 is 0 Å². The third-order valence-corrected chi connectivity index (χ3v) is 4.07. The van der Waals surface area contributed by atoms with Gasteiger partial charge in [-0.05, 0) is 44.0 Å². The minimum absolute atomic E-state index is 0. The standard InChI is InChI=1S/C15H22ClN3O.ClH/c16-13-5-1-2-6-14(13)18-15(20)7-9-19-8-3-4-12(10-17)11-19;/h1-2,5-6,12H,3-4,7-11,17H2,(H,18,20);1H. The van der Waals surface area contributed by atoms with Crippen LogP contribution >= 0.6 is 24.0 Å². The molecule has 1 aliphatic rings. The van der Waals surface area contributed by atoms with Crippen LogP contribution in [-0.2, 0) is 4.79 Å². The lowest BCUT2D eigenvalue weighted by Crippen LogP contribution is -2.39. The van der Waals surface area contributed by atoms with Crippen molar-refractivity contribution in [1.82, 2.24) is 4.90 Å². The van der Waals surface area contributed by atoms with Crippen molar-refractivity contribution in [3.8, 4) is 0 Å². The van der Waals surface area contributed by atoms with Crippen molar-refractivity contribution in [2.45, 2.75) is 19.3 Å². The summed E-state index contributed by atoms with van der Waals surface area (Å²) in [6.45, 7) is 3.60. The van der Waals surface area contributed by atoms with Crippen LogP contribution in [0.2, 0.25) is 5.02 Å². The molecule has 21 heavy (non-hydrogen) atoms. The molecule has 0 radical (unpaired) electrons. The summed E-state index contributed by atoms with van der Waals surface area (Å²) in [4.78, 5) is 14.3. The predicted molar refractivity (Wildman–Crippen MR) is 90.2 cm³/mol. The zero-order valence-corrected chi connectivity index (χ0v) is 13.6. The van der Waals surface area contributed by atoms with Gasteiger partial charge in [0.15, 0.2) is 0 Å². The summed E-state index contributed by atoms with van der Waals surface area (Å²) in [5.41, 5.74) is 6.40. The minimum Gasteiger partial charge on any atom is -0.330 e. The first-order chi connectivity index (χ1) is 9.69. The molecule has 1 unspecified atom stereocenters. The van der Waals surface area contributed by atoms with Gasteiger partial charge in [-0.1, -0.05) is 23.7 Å². The summed E-state index contributed by atoms with van der Waals surface area (Å²) in [7, 11) is 0. The maximum absolute atomic E-state index is 11.9. The van der Waals surface area contributed by atoms with Gasteiger partial charge in [0.2, 0.25) is 5.91 Å². The smallest absolute Gasteiger partial charge is 0.225 e. The summed E-state index contributed by atoms with van der Waals surface area (Å²) in [6.07, 6.45) is 2.87. The van der Waals surface area contributed by atoms with Crippen LogP contribution in [0.3, 0.4) is 0 Å². The molecule has 1 fully saturated rings. The number of likely N-dealkylation sites (tertiary alicyclic amines) is 1. The van der Waals surface area contributed by atoms with Crippen molar-refractivity contribution in [1.29, 1.82) is 0 Å². The van der Waals surface area contributed by atoms with E-state index in [-0.39, 0.29) is 18.3 Å². The van der Waals surface area contributed by atoms with E-state index in [2.05, 4.69) is 10.2 Å². The van der Waals surface area contributed by atoms with E-state index in [9.17, 15) is 4.79 Å². The molecule has 118 valence electrons. The number of halogens is 2. The highest BCUT2D eigenvalue weighted by Crippen LogP contribution is 2.20. The third kappa shape index (κ3) is 5.83. The Morgan fingerprint density at radius 3 is 2.90 bits per heavy atom. The Balaban J connectivity index is 0.00000220. The molecule has 3 N–H and O–H groups in total. The average Bonchev–Trinajstić information content (AvgIpc) is 2.48. The van der Waals surface area contributed by atoms with E-state index in [1.165, 1.54) is 12.8 Å². The van der Waals surface area contributed by atoms with Crippen molar-refractivity contribution in [2.24, 2.45) is 11.7 Å². The summed E-state index contributed by atoms with van der Waals surface area (Å²) < 4.78 is 0. The molecule has 4 nitrogen and oxygen atoms in total. The normalized spacial score (nSPS) is 18.9. The molecule has 6 heteroatoms. The van der Waals surface area contributed by atoms with Crippen molar-refractivity contribution in [2.75, 3.05) is 31.5 Å². The van der Waals surface area contributed by atoms with Gasteiger partial charge in [-0.25, -0.2) is 0 Å². The SMILES string of the molecule is Cl.NCC1CCCN(CCC(=O)Nc2ccccc2Cl)C1. The lowest BCUT2D eigenvalue weighted by Gasteiger charge is -2.31. The lowest BCUT2D eigenvalue weighted by atomic mass is 9.98. The zero-order valence-electron chi connectivity index (χ0n) is 12.1. The van der Waals surface area contributed by atoms with Crippen LogP contribution in [0.25, 0.3) is 0 Å². The quantitative estimate of drug-likeness (QED) is 0.872. The van der Waals surface area contributed by atoms with E-state index in [4.69, 9.17) is 17.3 Å². The van der Waals surface area contributed by atoms with Gasteiger partial charge < -0.3 is 16.0 Å². The summed E-state index contributed by atoms with van der Waals surface area (Å²) in [5.74, 6) is 0.586. The van der Waals surface area contributed by atoms with Crippen LogP contribution in [0, 0.1) is 5.92 Å². The van der Waals surface area contributed by atoms with Crippen LogP contribution in [0.15, 0.2) is 24.3 Å². The maximum Gasteiger partial charge on any atom is 0.225 e. The molecule has 2 rings (SSSR count). The van der Waals surface area contributed by atoms with Crippen molar-refractivity contribution in [3.63, 3.8) is 0 Å². The van der Waals surface area contributed by atoms with Crippen LogP contribution in [0.5, 0.6) is 0 Å². The predicted octanol–water partition coefficient (Wildman–Crippen LogP) is 2.76. The highest BCUT2D eigenvalue weighted by atomic mass is 35.5. The molecule has 1 aromatic carbocycles. The Morgan fingerprint density at radius 2 is 2.19 bits per heavy atom. The molecule has 0 spiro atoms. The number of anilines is 1. The molecule has 1 amide bonds. The molecule has 0 saturated carbocycles. The molecule has 1 heterocycles. The number of carbonyl (C=O) groups excluding carboxylic acids is 1. The molecule has 1 aliphatic heterocycles. The second-order valence-electron chi connectivity index (χ2n) is 5.32. The second kappa shape index (κ2) is 9.26. The van der Waals surface area contributed by atoms with E-state index >= 15 is 0 Å². The van der Waals surface area contributed by atoms with Crippen LogP contribution < -0.4 is 11.1 Å². The molecular weight excluding hydrogens is 309 g/mol. The third-order valence-electron chi connectivity index (χ3n) is 3.74. The van der Waals surface area contributed by atoms with Crippen LogP contribution in [0.4, 0.5) is 5.69 Å². The van der Waals surface area contributed by atoms with Crippen molar-refractivity contribution < 1.29 is 4.79 Å². The largest absolute Gasteiger partial charge is 0.330 e. The fraction of sp³-hybridized carbons (Fsp3) is 0.533. The van der Waals surface area contributed by atoms with Gasteiger partial charge in [-0.15, -0.1) is 12.4 Å². The number of nitrogens with zero attached hydrogens (tertiary/aromatic N) is 1. The first kappa shape index (κ1) is 18.2. The van der Waals surface area contributed by atoms with Crippen LogP contribution in [-0.4, -0.2) is 37.0 Å². The highest BCUT2D eigenvalue weighted by Gasteiger charge is 2.19. The summed E-state index contributed by atoms with van der Waals surface area (Å²) in [5, 5.41) is 3.42. The highest BCUT2D eigenvalue weighted by molar-refractivity contribution is 6.33. The van der Waals surface area contributed by atoms with Crippen molar-refractivity contribution in [3.05, 3.63) is 29.3 Å². The first-order valence-corrected chi connectivity index (χ1v) is 7.53. The number of piperidine rings is 1. The van der Waals surface area contributed by atoms with E-state index in [1.807, 2.05) is 18.2 Å². The number of carbonyl (C=O) groups is 1. The Labute approximate surface area is 137 Å². The second-order valence-corrected chi connectivity index (χ2v) is 5.73. The van der Waals surface area contributed by atoms with E-state index in [0.717, 1.165) is 26.2 Å². The molecule has 1 saturated heterocycles. The number of hydrogen-bond donors (Lipinski definition) is 2. The molecule has 1 aromatic rings. The zero-order chi connectivity index (χ0) is 14.4. The number of nitrogens with two attached hydrogens (primary N) is 1. The Morgan fingerprint density at radius 1 is 1.43 bits per heavy atom. The van der Waals surface area contributed by atoms with Gasteiger partial charge in [0.05, 0.1) is 10.7 Å². The fourth-order valence-corrected chi connectivity index (χ4v) is 2.76. The van der Waals surface area contributed by atoms with Gasteiger partial charge in [0, 0.05) is 19.5 Å². The van der Waals surface area contributed by atoms with E-state index in [1.54, 1.807) is 6.07 Å². The molecule has 0 bridgehead atoms. The molecule has 0 aliphatic carbocycles. The lowest BCUT2D eigenvalue weighted by molar-refractivity contribution is -0.116. The van der Waals surface area contributed by atoms with E-state index in [0.29, 0.717) is 23.0 Å². The number of amides is 1. The average molecular weight is 332 g/mol. The molecular formula is C15H23Cl2N3O. The summed E-state index contributed by atoms with van der Waals surface area (Å²) >= 11 is 6.02. The van der Waals surface area contributed by atoms with Gasteiger partial charge in [0.25, 0.3) is 0 Å². The Kier molecular flexibility index (Phi) is 8.04. The van der Waals surface area contributed by atoms with Crippen molar-refractivity contribution >= 4 is 35.6 Å². The first-order valence-electron chi connectivity index (χ1n) is 7.16. The number of rotatable bonds is 5. The number of hydrogen-bond acceptors (Lipinski definition) is 3. The Bertz CT molecular complexity index is 456. The van der Waals surface area contributed by atoms with Gasteiger partial charge >= 0.3 is 0 Å². The minimum atomic E-state index is 0. The van der Waals surface area contributed by atoms with Gasteiger partial charge in [-0.2, -0.15) is 0 Å². The van der Waals surface area contributed by atoms with Gasteiger partial charge in [-0.3, -0.25) is 4.79 Å². The number of nitrogens with one attached hydrogen (secondary N) is 1. The maximum atomic E-state index is 11.9. The Hall–Kier alpha value is -0.810. The molecule has 0 aromatic heterocycles. The summed E-state index contributed by atoms with van der Waals surface area (Å²) in [6, 6.07) is 7.29. The van der Waals surface area contributed by atoms with Gasteiger partial charge in [0.1, 0.15) is 0 Å².